The average molecular weight is 344 g/mol. The minimum atomic E-state index is -2.46. The highest BCUT2D eigenvalue weighted by molar-refractivity contribution is 7.99. The Hall–Kier alpha value is -1.34. The number of aliphatic hydroxyl groups is 1. The first-order chi connectivity index (χ1) is 11.0. The number of thioether (sulfide) groups is 1. The number of hydrogen-bond donors (Lipinski definition) is 2. The number of aliphatic hydroxyl groups excluding tert-OH is 1. The minimum Gasteiger partial charge on any atom is -0.393 e. The van der Waals surface area contributed by atoms with Gasteiger partial charge in [-0.15, -0.1) is 0 Å². The zero-order chi connectivity index (χ0) is 16.8. The Balaban J connectivity index is 1.85. The number of alkyl halides is 2. The zero-order valence-corrected chi connectivity index (χ0v) is 13.9. The highest BCUT2D eigenvalue weighted by Crippen LogP contribution is 2.27. The van der Waals surface area contributed by atoms with Crippen LogP contribution in [0.15, 0.2) is 29.2 Å². The summed E-state index contributed by atoms with van der Waals surface area (Å²) in [6.07, 6.45) is 3.50. The van der Waals surface area contributed by atoms with Crippen molar-refractivity contribution >= 4 is 23.5 Å². The molecule has 0 aromatic heterocycles. The molecule has 23 heavy (non-hydrogen) atoms. The number of benzene rings is 1. The van der Waals surface area contributed by atoms with Crippen molar-refractivity contribution in [3.8, 4) is 0 Å². The van der Waals surface area contributed by atoms with Crippen LogP contribution in [0.2, 0.25) is 0 Å². The molecule has 0 spiro atoms. The average Bonchev–Trinajstić information content (AvgIpc) is 2.51. The Kier molecular flexibility index (Phi) is 6.65. The molecule has 2 amide bonds. The number of carbonyl (C=O) groups excluding carboxylic acids is 1. The van der Waals surface area contributed by atoms with Gasteiger partial charge in [-0.2, -0.15) is 8.78 Å². The predicted molar refractivity (Wildman–Crippen MR) is 87.9 cm³/mol. The third-order valence-corrected chi connectivity index (χ3v) is 4.78. The van der Waals surface area contributed by atoms with E-state index >= 15 is 0 Å². The predicted octanol–water partition coefficient (Wildman–Crippen LogP) is 4.02. The lowest BCUT2D eigenvalue weighted by Gasteiger charge is -2.31. The smallest absolute Gasteiger partial charge is 0.321 e. The second-order valence-corrected chi connectivity index (χ2v) is 6.89. The molecule has 7 heteroatoms. The van der Waals surface area contributed by atoms with Crippen LogP contribution in [-0.4, -0.2) is 41.5 Å². The van der Waals surface area contributed by atoms with Gasteiger partial charge in [0, 0.05) is 30.1 Å². The number of halogens is 2. The highest BCUT2D eigenvalue weighted by atomic mass is 32.2. The molecule has 0 bridgehead atoms. The van der Waals surface area contributed by atoms with Gasteiger partial charge in [0.2, 0.25) is 0 Å². The lowest BCUT2D eigenvalue weighted by Crippen LogP contribution is -2.40. The van der Waals surface area contributed by atoms with Gasteiger partial charge in [0.1, 0.15) is 0 Å². The fourth-order valence-corrected chi connectivity index (χ4v) is 3.27. The van der Waals surface area contributed by atoms with Gasteiger partial charge in [-0.3, -0.25) is 0 Å². The summed E-state index contributed by atoms with van der Waals surface area (Å²) < 4.78 is 24.5. The van der Waals surface area contributed by atoms with E-state index in [0.29, 0.717) is 28.9 Å². The number of urea groups is 1. The van der Waals surface area contributed by atoms with Crippen molar-refractivity contribution in [1.82, 2.24) is 4.90 Å². The number of rotatable bonds is 5. The number of nitrogens with zero attached hydrogens (tertiary/aromatic N) is 1. The van der Waals surface area contributed by atoms with Gasteiger partial charge in [0.15, 0.2) is 0 Å². The highest BCUT2D eigenvalue weighted by Gasteiger charge is 2.25. The number of anilines is 1. The Morgan fingerprint density at radius 2 is 2.00 bits per heavy atom. The van der Waals surface area contributed by atoms with E-state index in [9.17, 15) is 18.7 Å². The van der Waals surface area contributed by atoms with Gasteiger partial charge in [-0.25, -0.2) is 4.79 Å². The molecule has 1 aromatic carbocycles. The second kappa shape index (κ2) is 8.49. The van der Waals surface area contributed by atoms with Crippen molar-refractivity contribution in [2.45, 2.75) is 42.4 Å². The van der Waals surface area contributed by atoms with Gasteiger partial charge in [-0.1, -0.05) is 24.6 Å². The molecular weight excluding hydrogens is 322 g/mol. The van der Waals surface area contributed by atoms with Gasteiger partial charge >= 0.3 is 6.03 Å². The normalized spacial score (nSPS) is 21.3. The maximum absolute atomic E-state index is 12.3. The van der Waals surface area contributed by atoms with E-state index in [-0.39, 0.29) is 18.1 Å². The standard InChI is InChI=1S/C16H22F2N2O2S/c1-20(10-11-4-2-3-5-14(11)21)16(22)19-12-6-8-13(9-7-12)23-15(17)18/h6-9,11,14-15,21H,2-5,10H2,1H3,(H,19,22). The van der Waals surface area contributed by atoms with E-state index < -0.39 is 5.76 Å². The van der Waals surface area contributed by atoms with Gasteiger partial charge in [0.25, 0.3) is 5.76 Å². The van der Waals surface area contributed by atoms with Crippen LogP contribution in [0.1, 0.15) is 25.7 Å². The summed E-state index contributed by atoms with van der Waals surface area (Å²) in [5.41, 5.74) is 0.560. The molecular formula is C16H22F2N2O2S. The summed E-state index contributed by atoms with van der Waals surface area (Å²) in [6, 6.07) is 6.05. The Labute approximate surface area is 139 Å². The van der Waals surface area contributed by atoms with Crippen LogP contribution in [0.5, 0.6) is 0 Å². The van der Waals surface area contributed by atoms with Gasteiger partial charge in [-0.05, 0) is 37.1 Å². The Bertz CT molecular complexity index is 513. The lowest BCUT2D eigenvalue weighted by atomic mass is 9.86. The van der Waals surface area contributed by atoms with Crippen molar-refractivity contribution < 1.29 is 18.7 Å². The first-order valence-electron chi connectivity index (χ1n) is 7.71. The van der Waals surface area contributed by atoms with E-state index in [1.165, 1.54) is 0 Å². The molecule has 1 aliphatic rings. The third kappa shape index (κ3) is 5.66. The second-order valence-electron chi connectivity index (χ2n) is 5.83. The van der Waals surface area contributed by atoms with Crippen molar-refractivity contribution in [2.24, 2.45) is 5.92 Å². The van der Waals surface area contributed by atoms with E-state index in [1.807, 2.05) is 0 Å². The maximum atomic E-state index is 12.3. The quantitative estimate of drug-likeness (QED) is 0.794. The molecule has 2 N–H and O–H groups in total. The molecule has 0 saturated heterocycles. The van der Waals surface area contributed by atoms with Crippen LogP contribution in [0.3, 0.4) is 0 Å². The Morgan fingerprint density at radius 1 is 1.35 bits per heavy atom. The van der Waals surface area contributed by atoms with Crippen LogP contribution in [-0.2, 0) is 0 Å². The van der Waals surface area contributed by atoms with Crippen molar-refractivity contribution in [2.75, 3.05) is 18.9 Å². The fraction of sp³-hybridized carbons (Fsp3) is 0.562. The molecule has 2 atom stereocenters. The summed E-state index contributed by atoms with van der Waals surface area (Å²) >= 11 is 0.472. The molecule has 2 unspecified atom stereocenters. The van der Waals surface area contributed by atoms with E-state index in [1.54, 1.807) is 36.2 Å². The number of hydrogen-bond acceptors (Lipinski definition) is 3. The van der Waals surface area contributed by atoms with Crippen molar-refractivity contribution in [3.05, 3.63) is 24.3 Å². The minimum absolute atomic E-state index is 0.115. The first kappa shape index (κ1) is 18.0. The van der Waals surface area contributed by atoms with Crippen LogP contribution < -0.4 is 5.32 Å². The molecule has 4 nitrogen and oxygen atoms in total. The molecule has 128 valence electrons. The number of carbonyl (C=O) groups is 1. The monoisotopic (exact) mass is 344 g/mol. The number of nitrogens with one attached hydrogen (secondary N) is 1. The molecule has 1 aliphatic carbocycles. The zero-order valence-electron chi connectivity index (χ0n) is 13.0. The van der Waals surface area contributed by atoms with Crippen LogP contribution in [0.25, 0.3) is 0 Å². The molecule has 1 fully saturated rings. The van der Waals surface area contributed by atoms with Crippen LogP contribution >= 0.6 is 11.8 Å². The summed E-state index contributed by atoms with van der Waals surface area (Å²) in [4.78, 5) is 14.2. The first-order valence-corrected chi connectivity index (χ1v) is 8.58. The van der Waals surface area contributed by atoms with Gasteiger partial charge in [0.05, 0.1) is 6.10 Å². The SMILES string of the molecule is CN(CC1CCCCC1O)C(=O)Nc1ccc(SC(F)F)cc1. The van der Waals surface area contributed by atoms with E-state index in [0.717, 1.165) is 25.7 Å². The summed E-state index contributed by atoms with van der Waals surface area (Å²) in [6.45, 7) is 0.506. The van der Waals surface area contributed by atoms with E-state index in [4.69, 9.17) is 0 Å². The summed E-state index contributed by atoms with van der Waals surface area (Å²) in [5.74, 6) is -2.34. The van der Waals surface area contributed by atoms with E-state index in [2.05, 4.69) is 5.32 Å². The van der Waals surface area contributed by atoms with Crippen molar-refractivity contribution in [3.63, 3.8) is 0 Å². The molecule has 1 aromatic rings. The maximum Gasteiger partial charge on any atom is 0.321 e. The number of amides is 2. The van der Waals surface area contributed by atoms with Crippen LogP contribution in [0.4, 0.5) is 19.3 Å². The lowest BCUT2D eigenvalue weighted by molar-refractivity contribution is 0.0575. The molecule has 0 radical (unpaired) electrons. The third-order valence-electron chi connectivity index (χ3n) is 4.05. The van der Waals surface area contributed by atoms with Gasteiger partial charge < -0.3 is 15.3 Å². The van der Waals surface area contributed by atoms with Crippen LogP contribution in [0, 0.1) is 5.92 Å². The molecule has 1 saturated carbocycles. The summed E-state index contributed by atoms with van der Waals surface area (Å²) in [5, 5.41) is 12.7. The fourth-order valence-electron chi connectivity index (χ4n) is 2.77. The Morgan fingerprint density at radius 3 is 2.61 bits per heavy atom. The summed E-state index contributed by atoms with van der Waals surface area (Å²) in [7, 11) is 1.69. The topological polar surface area (TPSA) is 52.6 Å². The van der Waals surface area contributed by atoms with Crippen molar-refractivity contribution in [1.29, 1.82) is 0 Å². The largest absolute Gasteiger partial charge is 0.393 e. The molecule has 0 heterocycles. The molecule has 0 aliphatic heterocycles. The molecule has 2 rings (SSSR count).